The molecule has 1 unspecified atom stereocenters. The summed E-state index contributed by atoms with van der Waals surface area (Å²) in [5.74, 6) is 0.458. The molecule has 0 saturated carbocycles. The van der Waals surface area contributed by atoms with Crippen LogP contribution in [-0.4, -0.2) is 25.7 Å². The molecular weight excluding hydrogens is 190 g/mol. The third kappa shape index (κ3) is 5.78. The molecule has 0 aliphatic carbocycles. The Bertz CT molecular complexity index is 202. The molecule has 1 atom stereocenters. The Labute approximate surface area is 92.6 Å². The summed E-state index contributed by atoms with van der Waals surface area (Å²) in [5.41, 5.74) is 0.245. The molecule has 3 heteroatoms. The van der Waals surface area contributed by atoms with Crippen LogP contribution < -0.4 is 5.32 Å². The minimum atomic E-state index is -0.0343. The van der Waals surface area contributed by atoms with Crippen LogP contribution in [0.5, 0.6) is 0 Å². The maximum Gasteiger partial charge on any atom is 0.306 e. The average molecular weight is 213 g/mol. The van der Waals surface area contributed by atoms with Crippen molar-refractivity contribution in [3.63, 3.8) is 0 Å². The molecular formula is C12H23NO2. The van der Waals surface area contributed by atoms with Gasteiger partial charge in [0.25, 0.3) is 0 Å². The van der Waals surface area contributed by atoms with Gasteiger partial charge in [0, 0.05) is 6.42 Å². The van der Waals surface area contributed by atoms with Crippen LogP contribution in [0.2, 0.25) is 0 Å². The number of esters is 1. The molecule has 1 saturated heterocycles. The van der Waals surface area contributed by atoms with E-state index >= 15 is 0 Å². The van der Waals surface area contributed by atoms with Crippen LogP contribution >= 0.6 is 0 Å². The van der Waals surface area contributed by atoms with Crippen LogP contribution in [0, 0.1) is 11.3 Å². The van der Waals surface area contributed by atoms with Crippen LogP contribution in [0.1, 0.15) is 40.0 Å². The lowest BCUT2D eigenvalue weighted by molar-refractivity contribution is -0.145. The van der Waals surface area contributed by atoms with Gasteiger partial charge in [0.15, 0.2) is 0 Å². The van der Waals surface area contributed by atoms with Crippen molar-refractivity contribution < 1.29 is 9.53 Å². The number of hydrogen-bond acceptors (Lipinski definition) is 3. The normalized spacial score (nSPS) is 21.7. The molecule has 1 fully saturated rings. The summed E-state index contributed by atoms with van der Waals surface area (Å²) in [7, 11) is 0. The lowest BCUT2D eigenvalue weighted by Crippen LogP contribution is -2.17. The Kier molecular flexibility index (Phi) is 4.58. The van der Waals surface area contributed by atoms with Gasteiger partial charge in [-0.2, -0.15) is 0 Å². The van der Waals surface area contributed by atoms with Crippen molar-refractivity contribution in [2.24, 2.45) is 11.3 Å². The molecule has 88 valence electrons. The van der Waals surface area contributed by atoms with Gasteiger partial charge in [0.1, 0.15) is 0 Å². The predicted molar refractivity (Wildman–Crippen MR) is 60.6 cm³/mol. The lowest BCUT2D eigenvalue weighted by Gasteiger charge is -2.17. The second-order valence-corrected chi connectivity index (χ2v) is 5.59. The highest BCUT2D eigenvalue weighted by atomic mass is 16.5. The van der Waals surface area contributed by atoms with E-state index in [9.17, 15) is 4.79 Å². The van der Waals surface area contributed by atoms with Crippen LogP contribution in [0.4, 0.5) is 0 Å². The fourth-order valence-corrected chi connectivity index (χ4v) is 1.65. The van der Waals surface area contributed by atoms with Crippen molar-refractivity contribution >= 4 is 5.97 Å². The molecule has 1 heterocycles. The van der Waals surface area contributed by atoms with Crippen molar-refractivity contribution in [2.45, 2.75) is 40.0 Å². The molecule has 15 heavy (non-hydrogen) atoms. The van der Waals surface area contributed by atoms with Gasteiger partial charge in [-0.25, -0.2) is 0 Å². The monoisotopic (exact) mass is 213 g/mol. The second kappa shape index (κ2) is 5.50. The Morgan fingerprint density at radius 1 is 1.47 bits per heavy atom. The lowest BCUT2D eigenvalue weighted by atomic mass is 9.93. The molecule has 0 aromatic rings. The molecule has 0 aromatic carbocycles. The summed E-state index contributed by atoms with van der Waals surface area (Å²) in [6, 6.07) is 0. The van der Waals surface area contributed by atoms with Gasteiger partial charge in [0.2, 0.25) is 0 Å². The first-order valence-corrected chi connectivity index (χ1v) is 5.84. The molecule has 1 aliphatic rings. The van der Waals surface area contributed by atoms with E-state index in [0.717, 1.165) is 25.9 Å². The molecule has 0 radical (unpaired) electrons. The summed E-state index contributed by atoms with van der Waals surface area (Å²) in [6.45, 7) is 9.03. The standard InChI is InChI=1S/C12H23NO2/c1-12(2,3)5-7-15-11(14)8-10-4-6-13-9-10/h10,13H,4-9H2,1-3H3. The Morgan fingerprint density at radius 2 is 2.20 bits per heavy atom. The molecule has 3 nitrogen and oxygen atoms in total. The fraction of sp³-hybridized carbons (Fsp3) is 0.917. The molecule has 0 bridgehead atoms. The maximum atomic E-state index is 11.4. The van der Waals surface area contributed by atoms with Crippen LogP contribution in [0.3, 0.4) is 0 Å². The molecule has 1 rings (SSSR count). The SMILES string of the molecule is CC(C)(C)CCOC(=O)CC1CCNC1. The van der Waals surface area contributed by atoms with Crippen molar-refractivity contribution in [1.82, 2.24) is 5.32 Å². The van der Waals surface area contributed by atoms with E-state index < -0.39 is 0 Å². The smallest absolute Gasteiger partial charge is 0.306 e. The van der Waals surface area contributed by atoms with Gasteiger partial charge < -0.3 is 10.1 Å². The van der Waals surface area contributed by atoms with Gasteiger partial charge in [-0.3, -0.25) is 4.79 Å². The fourth-order valence-electron chi connectivity index (χ4n) is 1.65. The first-order valence-electron chi connectivity index (χ1n) is 5.84. The summed E-state index contributed by atoms with van der Waals surface area (Å²) >= 11 is 0. The third-order valence-electron chi connectivity index (χ3n) is 2.73. The number of hydrogen-bond donors (Lipinski definition) is 1. The number of carbonyl (C=O) groups excluding carboxylic acids is 1. The number of carbonyl (C=O) groups is 1. The zero-order chi connectivity index (χ0) is 11.3. The van der Waals surface area contributed by atoms with Gasteiger partial charge >= 0.3 is 5.97 Å². The number of nitrogens with one attached hydrogen (secondary N) is 1. The highest BCUT2D eigenvalue weighted by Crippen LogP contribution is 2.18. The minimum absolute atomic E-state index is 0.0343. The van der Waals surface area contributed by atoms with E-state index in [-0.39, 0.29) is 11.4 Å². The second-order valence-electron chi connectivity index (χ2n) is 5.59. The highest BCUT2D eigenvalue weighted by Gasteiger charge is 2.19. The Morgan fingerprint density at radius 3 is 2.73 bits per heavy atom. The zero-order valence-corrected chi connectivity index (χ0v) is 10.1. The predicted octanol–water partition coefficient (Wildman–Crippen LogP) is 1.97. The topological polar surface area (TPSA) is 38.3 Å². The summed E-state index contributed by atoms with van der Waals surface area (Å²) in [5, 5.41) is 3.25. The largest absolute Gasteiger partial charge is 0.466 e. The summed E-state index contributed by atoms with van der Waals surface area (Å²) < 4.78 is 5.21. The summed E-state index contributed by atoms with van der Waals surface area (Å²) in [6.07, 6.45) is 2.62. The van der Waals surface area contributed by atoms with Crippen molar-refractivity contribution in [1.29, 1.82) is 0 Å². The molecule has 0 spiro atoms. The number of ether oxygens (including phenoxy) is 1. The summed E-state index contributed by atoms with van der Waals surface area (Å²) in [4.78, 5) is 11.4. The van der Waals surface area contributed by atoms with E-state index in [2.05, 4.69) is 26.1 Å². The molecule has 0 amide bonds. The zero-order valence-electron chi connectivity index (χ0n) is 10.1. The number of rotatable bonds is 4. The van der Waals surface area contributed by atoms with Crippen molar-refractivity contribution in [3.8, 4) is 0 Å². The Hall–Kier alpha value is -0.570. The van der Waals surface area contributed by atoms with Gasteiger partial charge in [-0.05, 0) is 37.3 Å². The van der Waals surface area contributed by atoms with Gasteiger partial charge in [-0.15, -0.1) is 0 Å². The molecule has 1 aliphatic heterocycles. The first kappa shape index (κ1) is 12.5. The third-order valence-corrected chi connectivity index (χ3v) is 2.73. The van der Waals surface area contributed by atoms with E-state index in [1.165, 1.54) is 0 Å². The quantitative estimate of drug-likeness (QED) is 0.726. The van der Waals surface area contributed by atoms with Crippen molar-refractivity contribution in [2.75, 3.05) is 19.7 Å². The van der Waals surface area contributed by atoms with Gasteiger partial charge in [-0.1, -0.05) is 20.8 Å². The van der Waals surface area contributed by atoms with Crippen LogP contribution in [0.15, 0.2) is 0 Å². The average Bonchev–Trinajstić information content (AvgIpc) is 2.54. The highest BCUT2D eigenvalue weighted by molar-refractivity contribution is 5.69. The van der Waals surface area contributed by atoms with Crippen LogP contribution in [0.25, 0.3) is 0 Å². The van der Waals surface area contributed by atoms with Crippen molar-refractivity contribution in [3.05, 3.63) is 0 Å². The first-order chi connectivity index (χ1) is 6.97. The minimum Gasteiger partial charge on any atom is -0.466 e. The molecule has 1 N–H and O–H groups in total. The van der Waals surface area contributed by atoms with Gasteiger partial charge in [0.05, 0.1) is 6.61 Å². The maximum absolute atomic E-state index is 11.4. The Balaban J connectivity index is 2.08. The van der Waals surface area contributed by atoms with E-state index in [1.54, 1.807) is 0 Å². The van der Waals surface area contributed by atoms with E-state index in [4.69, 9.17) is 4.74 Å². The van der Waals surface area contributed by atoms with E-state index in [1.807, 2.05) is 0 Å². The van der Waals surface area contributed by atoms with Crippen LogP contribution in [-0.2, 0) is 9.53 Å². The molecule has 0 aromatic heterocycles. The van der Waals surface area contributed by atoms with E-state index in [0.29, 0.717) is 18.9 Å².